The van der Waals surface area contributed by atoms with Crippen LogP contribution >= 0.6 is 11.3 Å². The van der Waals surface area contributed by atoms with E-state index in [4.69, 9.17) is 0 Å². The second kappa shape index (κ2) is 8.45. The maximum atomic E-state index is 12.7. The number of nitrogens with zero attached hydrogens (tertiary/aromatic N) is 3. The Balaban J connectivity index is 1.35. The molecule has 7 heteroatoms. The number of aryl methyl sites for hydroxylation is 1. The normalized spacial score (nSPS) is 14.0. The van der Waals surface area contributed by atoms with E-state index < -0.39 is 0 Å². The Morgan fingerprint density at radius 3 is 2.38 bits per heavy atom. The summed E-state index contributed by atoms with van der Waals surface area (Å²) in [6.45, 7) is 4.04. The van der Waals surface area contributed by atoms with Crippen molar-refractivity contribution in [3.63, 3.8) is 0 Å². The Bertz CT molecular complexity index is 1010. The van der Waals surface area contributed by atoms with E-state index in [1.54, 1.807) is 21.1 Å². The molecule has 0 radical (unpaired) electrons. The second-order valence-electron chi connectivity index (χ2n) is 6.95. The Hall–Kier alpha value is -3.19. The van der Waals surface area contributed by atoms with Crippen LogP contribution in [0.15, 0.2) is 60.0 Å². The molecule has 29 heavy (non-hydrogen) atoms. The van der Waals surface area contributed by atoms with E-state index in [2.05, 4.69) is 10.3 Å². The van der Waals surface area contributed by atoms with Crippen LogP contribution in [0.1, 0.15) is 16.1 Å². The van der Waals surface area contributed by atoms with Crippen molar-refractivity contribution in [2.45, 2.75) is 6.92 Å². The molecule has 0 saturated carbocycles. The number of anilines is 1. The minimum absolute atomic E-state index is 0.0112. The first-order valence-electron chi connectivity index (χ1n) is 9.53. The summed E-state index contributed by atoms with van der Waals surface area (Å²) in [6, 6.07) is 16.8. The standard InChI is InChI=1S/C22H22N4O2S/c1-16-15-29-20(23-16)18-8-5-9-19(14-18)24-22(28)26-12-10-25(11-13-26)21(27)17-6-3-2-4-7-17/h2-9,14-15H,10-13H2,1H3,(H,24,28). The monoisotopic (exact) mass is 406 g/mol. The van der Waals surface area contributed by atoms with Crippen molar-refractivity contribution in [1.82, 2.24) is 14.8 Å². The first kappa shape index (κ1) is 19.1. The predicted molar refractivity (Wildman–Crippen MR) is 115 cm³/mol. The van der Waals surface area contributed by atoms with Gasteiger partial charge in [-0.1, -0.05) is 30.3 Å². The van der Waals surface area contributed by atoms with Gasteiger partial charge in [-0.05, 0) is 31.2 Å². The van der Waals surface area contributed by atoms with Gasteiger partial charge in [-0.3, -0.25) is 4.79 Å². The highest BCUT2D eigenvalue weighted by Gasteiger charge is 2.24. The molecule has 3 aromatic rings. The lowest BCUT2D eigenvalue weighted by Gasteiger charge is -2.34. The van der Waals surface area contributed by atoms with E-state index >= 15 is 0 Å². The van der Waals surface area contributed by atoms with E-state index in [1.807, 2.05) is 66.9 Å². The predicted octanol–water partition coefficient (Wildman–Crippen LogP) is 4.11. The number of hydrogen-bond donors (Lipinski definition) is 1. The van der Waals surface area contributed by atoms with Gasteiger partial charge in [0.2, 0.25) is 0 Å². The summed E-state index contributed by atoms with van der Waals surface area (Å²) in [5, 5.41) is 5.91. The zero-order chi connectivity index (χ0) is 20.2. The number of rotatable bonds is 3. The number of piperazine rings is 1. The molecule has 1 N–H and O–H groups in total. The van der Waals surface area contributed by atoms with Gasteiger partial charge in [0.15, 0.2) is 0 Å². The van der Waals surface area contributed by atoms with Gasteiger partial charge < -0.3 is 15.1 Å². The Morgan fingerprint density at radius 2 is 1.69 bits per heavy atom. The highest BCUT2D eigenvalue weighted by atomic mass is 32.1. The number of hydrogen-bond acceptors (Lipinski definition) is 4. The maximum absolute atomic E-state index is 12.7. The quantitative estimate of drug-likeness (QED) is 0.712. The minimum atomic E-state index is -0.149. The molecule has 0 spiro atoms. The third kappa shape index (κ3) is 4.46. The molecule has 3 amide bonds. The van der Waals surface area contributed by atoms with Crippen LogP contribution in [0, 0.1) is 6.92 Å². The third-order valence-electron chi connectivity index (χ3n) is 4.85. The first-order valence-corrected chi connectivity index (χ1v) is 10.4. The van der Waals surface area contributed by atoms with Crippen LogP contribution in [-0.2, 0) is 0 Å². The molecule has 4 rings (SSSR count). The molecule has 0 bridgehead atoms. The van der Waals surface area contributed by atoms with Gasteiger partial charge in [-0.25, -0.2) is 9.78 Å². The molecule has 1 aliphatic rings. The fraction of sp³-hybridized carbons (Fsp3) is 0.227. The third-order valence-corrected chi connectivity index (χ3v) is 5.86. The molecule has 6 nitrogen and oxygen atoms in total. The van der Waals surface area contributed by atoms with Crippen molar-refractivity contribution in [2.75, 3.05) is 31.5 Å². The van der Waals surface area contributed by atoms with Gasteiger partial charge in [-0.2, -0.15) is 0 Å². The number of thiazole rings is 1. The van der Waals surface area contributed by atoms with Crippen molar-refractivity contribution in [2.24, 2.45) is 0 Å². The van der Waals surface area contributed by atoms with Crippen LogP contribution in [-0.4, -0.2) is 52.9 Å². The van der Waals surface area contributed by atoms with Crippen LogP contribution in [0.25, 0.3) is 10.6 Å². The molecule has 1 saturated heterocycles. The molecule has 1 aromatic heterocycles. The number of carbonyl (C=O) groups excluding carboxylic acids is 2. The van der Waals surface area contributed by atoms with Crippen LogP contribution in [0.5, 0.6) is 0 Å². The zero-order valence-corrected chi connectivity index (χ0v) is 17.0. The summed E-state index contributed by atoms with van der Waals surface area (Å²) >= 11 is 1.59. The molecule has 0 atom stereocenters. The molecule has 1 fully saturated rings. The average molecular weight is 407 g/mol. The van der Waals surface area contributed by atoms with Crippen LogP contribution in [0.3, 0.4) is 0 Å². The highest BCUT2D eigenvalue weighted by Crippen LogP contribution is 2.26. The molecular formula is C22H22N4O2S. The summed E-state index contributed by atoms with van der Waals surface area (Å²) < 4.78 is 0. The highest BCUT2D eigenvalue weighted by molar-refractivity contribution is 7.13. The lowest BCUT2D eigenvalue weighted by atomic mass is 10.2. The maximum Gasteiger partial charge on any atom is 0.321 e. The van der Waals surface area contributed by atoms with Gasteiger partial charge in [-0.15, -0.1) is 11.3 Å². The zero-order valence-electron chi connectivity index (χ0n) is 16.2. The van der Waals surface area contributed by atoms with Crippen LogP contribution in [0.2, 0.25) is 0 Å². The summed E-state index contributed by atoms with van der Waals surface area (Å²) in [4.78, 5) is 33.2. The smallest absolute Gasteiger partial charge is 0.321 e. The van der Waals surface area contributed by atoms with Crippen molar-refractivity contribution >= 4 is 29.0 Å². The van der Waals surface area contributed by atoms with E-state index in [1.165, 1.54) is 0 Å². The SMILES string of the molecule is Cc1csc(-c2cccc(NC(=O)N3CCN(C(=O)c4ccccc4)CC3)c2)n1. The van der Waals surface area contributed by atoms with E-state index in [-0.39, 0.29) is 11.9 Å². The van der Waals surface area contributed by atoms with Gasteiger partial charge in [0.05, 0.1) is 0 Å². The lowest BCUT2D eigenvalue weighted by Crippen LogP contribution is -2.51. The molecule has 148 valence electrons. The molecule has 2 aromatic carbocycles. The van der Waals surface area contributed by atoms with E-state index in [0.29, 0.717) is 31.7 Å². The van der Waals surface area contributed by atoms with Crippen molar-refractivity contribution in [3.05, 3.63) is 71.2 Å². The van der Waals surface area contributed by atoms with Gasteiger partial charge in [0.1, 0.15) is 5.01 Å². The fourth-order valence-corrected chi connectivity index (χ4v) is 4.09. The summed E-state index contributed by atoms with van der Waals surface area (Å²) in [6.07, 6.45) is 0. The number of urea groups is 1. The number of nitrogens with one attached hydrogen (secondary N) is 1. The Labute approximate surface area is 173 Å². The van der Waals surface area contributed by atoms with Crippen molar-refractivity contribution in [1.29, 1.82) is 0 Å². The van der Waals surface area contributed by atoms with Gasteiger partial charge in [0.25, 0.3) is 5.91 Å². The van der Waals surface area contributed by atoms with Crippen LogP contribution < -0.4 is 5.32 Å². The number of aromatic nitrogens is 1. The summed E-state index contributed by atoms with van der Waals surface area (Å²) in [7, 11) is 0. The largest absolute Gasteiger partial charge is 0.335 e. The molecule has 0 unspecified atom stereocenters. The van der Waals surface area contributed by atoms with Crippen molar-refractivity contribution in [3.8, 4) is 10.6 Å². The van der Waals surface area contributed by atoms with E-state index in [0.717, 1.165) is 22.0 Å². The number of benzene rings is 2. The Morgan fingerprint density at radius 1 is 0.966 bits per heavy atom. The molecule has 0 aliphatic carbocycles. The van der Waals surface area contributed by atoms with Crippen molar-refractivity contribution < 1.29 is 9.59 Å². The number of carbonyl (C=O) groups is 2. The fourth-order valence-electron chi connectivity index (χ4n) is 3.30. The van der Waals surface area contributed by atoms with Gasteiger partial charge in [0, 0.05) is 54.1 Å². The molecular weight excluding hydrogens is 384 g/mol. The van der Waals surface area contributed by atoms with Gasteiger partial charge >= 0.3 is 6.03 Å². The van der Waals surface area contributed by atoms with E-state index in [9.17, 15) is 9.59 Å². The average Bonchev–Trinajstić information content (AvgIpc) is 3.20. The van der Waals surface area contributed by atoms with Crippen LogP contribution in [0.4, 0.5) is 10.5 Å². The lowest BCUT2D eigenvalue weighted by molar-refractivity contribution is 0.0671. The topological polar surface area (TPSA) is 65.5 Å². The molecule has 1 aliphatic heterocycles. The number of amides is 3. The first-order chi connectivity index (χ1) is 14.1. The minimum Gasteiger partial charge on any atom is -0.335 e. The second-order valence-corrected chi connectivity index (χ2v) is 7.81. The summed E-state index contributed by atoms with van der Waals surface area (Å²) in [5.41, 5.74) is 3.39. The Kier molecular flexibility index (Phi) is 5.57. The summed E-state index contributed by atoms with van der Waals surface area (Å²) in [5.74, 6) is 0.0112. The molecule has 2 heterocycles.